The summed E-state index contributed by atoms with van der Waals surface area (Å²) in [6.45, 7) is 0.999. The summed E-state index contributed by atoms with van der Waals surface area (Å²) in [5.74, 6) is 0.341. The zero-order valence-electron chi connectivity index (χ0n) is 5.61. The summed E-state index contributed by atoms with van der Waals surface area (Å²) < 4.78 is 4.98. The van der Waals surface area contributed by atoms with Gasteiger partial charge in [-0.3, -0.25) is 0 Å². The molecule has 1 aliphatic heterocycles. The lowest BCUT2D eigenvalue weighted by Crippen LogP contribution is -2.16. The van der Waals surface area contributed by atoms with E-state index < -0.39 is 0 Å². The van der Waals surface area contributed by atoms with Gasteiger partial charge in [0.05, 0.1) is 0 Å². The van der Waals surface area contributed by atoms with Gasteiger partial charge >= 0.3 is 0 Å². The summed E-state index contributed by atoms with van der Waals surface area (Å²) in [6, 6.07) is 0. The highest BCUT2D eigenvalue weighted by Crippen LogP contribution is 1.90. The Bertz CT molecular complexity index is 155. The van der Waals surface area contributed by atoms with Crippen molar-refractivity contribution in [2.75, 3.05) is 20.3 Å². The van der Waals surface area contributed by atoms with Crippen LogP contribution in [0.5, 0.6) is 0 Å². The van der Waals surface area contributed by atoms with Gasteiger partial charge in [-0.15, -0.1) is 0 Å². The van der Waals surface area contributed by atoms with E-state index in [0.29, 0.717) is 19.1 Å². The summed E-state index contributed by atoms with van der Waals surface area (Å²) in [4.78, 5) is 9.09. The molecule has 0 N–H and O–H groups in total. The van der Waals surface area contributed by atoms with E-state index in [2.05, 4.69) is 15.1 Å². The van der Waals surface area contributed by atoms with E-state index in [9.17, 15) is 0 Å². The van der Waals surface area contributed by atoms with E-state index in [1.165, 1.54) is 13.3 Å². The standard InChI is InChI=1S/C5H8N2O3/c1-8-6-4-5-7-10-3-2-9-5/h4H,2-3H2,1H3/b6-4+. The van der Waals surface area contributed by atoms with Crippen LogP contribution in [0.4, 0.5) is 0 Å². The molecular weight excluding hydrogens is 136 g/mol. The Morgan fingerprint density at radius 3 is 3.20 bits per heavy atom. The highest BCUT2D eigenvalue weighted by atomic mass is 16.7. The predicted molar refractivity (Wildman–Crippen MR) is 34.8 cm³/mol. The minimum atomic E-state index is 0.341. The monoisotopic (exact) mass is 144 g/mol. The first-order valence-corrected chi connectivity index (χ1v) is 2.83. The Hall–Kier alpha value is -1.26. The van der Waals surface area contributed by atoms with Gasteiger partial charge in [0.25, 0.3) is 5.90 Å². The van der Waals surface area contributed by atoms with Crippen molar-refractivity contribution >= 4 is 12.1 Å². The Balaban J connectivity index is 2.38. The summed E-state index contributed by atoms with van der Waals surface area (Å²) in [5, 5.41) is 6.97. The molecule has 0 saturated carbocycles. The highest BCUT2D eigenvalue weighted by molar-refractivity contribution is 6.26. The second kappa shape index (κ2) is 3.71. The fourth-order valence-electron chi connectivity index (χ4n) is 0.478. The van der Waals surface area contributed by atoms with E-state index in [-0.39, 0.29) is 0 Å². The van der Waals surface area contributed by atoms with Gasteiger partial charge in [0.15, 0.2) is 6.61 Å². The van der Waals surface area contributed by atoms with Crippen LogP contribution in [-0.2, 0) is 14.4 Å². The van der Waals surface area contributed by atoms with E-state index in [1.54, 1.807) is 0 Å². The Kier molecular flexibility index (Phi) is 2.54. The van der Waals surface area contributed by atoms with Crippen LogP contribution in [-0.4, -0.2) is 32.4 Å². The molecule has 0 atom stereocenters. The number of nitrogens with zero attached hydrogens (tertiary/aromatic N) is 2. The summed E-state index contributed by atoms with van der Waals surface area (Å²) in [7, 11) is 1.45. The Labute approximate surface area is 58.2 Å². The molecule has 1 rings (SSSR count). The van der Waals surface area contributed by atoms with Crippen LogP contribution in [0.3, 0.4) is 0 Å². The Morgan fingerprint density at radius 2 is 2.60 bits per heavy atom. The van der Waals surface area contributed by atoms with Crippen LogP contribution < -0.4 is 0 Å². The molecule has 0 saturated heterocycles. The van der Waals surface area contributed by atoms with Crippen molar-refractivity contribution in [3.05, 3.63) is 0 Å². The molecule has 1 aliphatic rings. The molecule has 0 spiro atoms. The lowest BCUT2D eigenvalue weighted by atomic mass is 10.7. The van der Waals surface area contributed by atoms with Crippen molar-refractivity contribution in [2.45, 2.75) is 0 Å². The molecule has 1 heterocycles. The lowest BCUT2D eigenvalue weighted by molar-refractivity contribution is 0.0676. The van der Waals surface area contributed by atoms with Crippen LogP contribution in [0.2, 0.25) is 0 Å². The number of hydrogen-bond donors (Lipinski definition) is 0. The zero-order valence-corrected chi connectivity index (χ0v) is 5.61. The topological polar surface area (TPSA) is 52.4 Å². The number of rotatable bonds is 2. The van der Waals surface area contributed by atoms with E-state index >= 15 is 0 Å². The second-order valence-corrected chi connectivity index (χ2v) is 1.53. The van der Waals surface area contributed by atoms with E-state index in [0.717, 1.165) is 0 Å². The van der Waals surface area contributed by atoms with Crippen LogP contribution in [0.25, 0.3) is 0 Å². The predicted octanol–water partition coefficient (Wildman–Crippen LogP) is -0.0211. The maximum atomic E-state index is 4.98. The molecule has 0 aromatic carbocycles. The number of ether oxygens (including phenoxy) is 1. The summed E-state index contributed by atoms with van der Waals surface area (Å²) in [6.07, 6.45) is 1.35. The van der Waals surface area contributed by atoms with Gasteiger partial charge < -0.3 is 14.4 Å². The van der Waals surface area contributed by atoms with Gasteiger partial charge in [0, 0.05) is 0 Å². The molecule has 0 aliphatic carbocycles. The van der Waals surface area contributed by atoms with Crippen molar-refractivity contribution < 1.29 is 14.4 Å². The summed E-state index contributed by atoms with van der Waals surface area (Å²) in [5.41, 5.74) is 0. The van der Waals surface area contributed by atoms with Gasteiger partial charge in [0.2, 0.25) is 0 Å². The molecule has 5 heteroatoms. The smallest absolute Gasteiger partial charge is 0.272 e. The molecule has 56 valence electrons. The number of oxime groups is 2. The fraction of sp³-hybridized carbons (Fsp3) is 0.600. The minimum Gasteiger partial charge on any atom is -0.471 e. The average Bonchev–Trinajstić information content (AvgIpc) is 2.03. The first-order valence-electron chi connectivity index (χ1n) is 2.83. The van der Waals surface area contributed by atoms with Gasteiger partial charge in [-0.1, -0.05) is 5.16 Å². The lowest BCUT2D eigenvalue weighted by Gasteiger charge is -2.08. The van der Waals surface area contributed by atoms with Gasteiger partial charge in [-0.05, 0) is 5.16 Å². The maximum absolute atomic E-state index is 4.98. The quantitative estimate of drug-likeness (QED) is 0.404. The molecule has 5 nitrogen and oxygen atoms in total. The molecule has 0 fully saturated rings. The molecule has 0 unspecified atom stereocenters. The largest absolute Gasteiger partial charge is 0.471 e. The SMILES string of the molecule is CO/N=C/C1=NOCCO1. The van der Waals surface area contributed by atoms with Crippen molar-refractivity contribution in [3.8, 4) is 0 Å². The van der Waals surface area contributed by atoms with Gasteiger partial charge in [-0.2, -0.15) is 0 Å². The molecular formula is C5H8N2O3. The van der Waals surface area contributed by atoms with Crippen LogP contribution in [0.15, 0.2) is 10.3 Å². The van der Waals surface area contributed by atoms with E-state index in [4.69, 9.17) is 9.57 Å². The summed E-state index contributed by atoms with van der Waals surface area (Å²) >= 11 is 0. The minimum absolute atomic E-state index is 0.341. The zero-order chi connectivity index (χ0) is 7.23. The normalized spacial score (nSPS) is 17.5. The molecule has 0 aromatic heterocycles. The van der Waals surface area contributed by atoms with Crippen molar-refractivity contribution in [1.82, 2.24) is 0 Å². The number of hydrogen-bond acceptors (Lipinski definition) is 5. The average molecular weight is 144 g/mol. The third-order valence-electron chi connectivity index (χ3n) is 0.848. The van der Waals surface area contributed by atoms with E-state index in [1.807, 2.05) is 0 Å². The van der Waals surface area contributed by atoms with Crippen molar-refractivity contribution in [1.29, 1.82) is 0 Å². The second-order valence-electron chi connectivity index (χ2n) is 1.53. The van der Waals surface area contributed by atoms with Crippen molar-refractivity contribution in [2.24, 2.45) is 10.3 Å². The van der Waals surface area contributed by atoms with Crippen LogP contribution >= 0.6 is 0 Å². The fourth-order valence-corrected chi connectivity index (χ4v) is 0.478. The third-order valence-corrected chi connectivity index (χ3v) is 0.848. The molecule has 10 heavy (non-hydrogen) atoms. The molecule has 0 radical (unpaired) electrons. The maximum Gasteiger partial charge on any atom is 0.272 e. The molecule has 0 amide bonds. The first-order chi connectivity index (χ1) is 4.93. The highest BCUT2D eigenvalue weighted by Gasteiger charge is 2.02. The molecule has 0 aromatic rings. The van der Waals surface area contributed by atoms with Crippen molar-refractivity contribution in [3.63, 3.8) is 0 Å². The van der Waals surface area contributed by atoms with Crippen LogP contribution in [0, 0.1) is 0 Å². The third kappa shape index (κ3) is 1.93. The molecule has 0 bridgehead atoms. The van der Waals surface area contributed by atoms with Gasteiger partial charge in [0.1, 0.15) is 19.9 Å². The Morgan fingerprint density at radius 1 is 1.70 bits per heavy atom. The van der Waals surface area contributed by atoms with Crippen LogP contribution in [0.1, 0.15) is 0 Å². The van der Waals surface area contributed by atoms with Gasteiger partial charge in [-0.25, -0.2) is 0 Å². The first kappa shape index (κ1) is 6.85.